The van der Waals surface area contributed by atoms with E-state index in [2.05, 4.69) is 50.3 Å². The van der Waals surface area contributed by atoms with Gasteiger partial charge in [0.05, 0.1) is 0 Å². The molecule has 0 saturated heterocycles. The molecule has 3 rings (SSSR count). The van der Waals surface area contributed by atoms with E-state index in [4.69, 9.17) is 0 Å². The Morgan fingerprint density at radius 1 is 0.952 bits per heavy atom. The van der Waals surface area contributed by atoms with Gasteiger partial charge in [-0.05, 0) is 0 Å². The molecule has 0 spiro atoms. The van der Waals surface area contributed by atoms with E-state index in [0.29, 0.717) is 0 Å². The van der Waals surface area contributed by atoms with Gasteiger partial charge in [-0.15, -0.1) is 0 Å². The number of hydrogen-bond donors (Lipinski definition) is 0. The molecule has 0 fully saturated rings. The molecule has 1 aliphatic rings. The third kappa shape index (κ3) is 3.02. The van der Waals surface area contributed by atoms with Crippen molar-refractivity contribution in [2.45, 2.75) is 20.3 Å². The number of benzene rings is 2. The molecule has 108 valence electrons. The van der Waals surface area contributed by atoms with Crippen molar-refractivity contribution < 1.29 is 4.39 Å². The second-order valence-corrected chi connectivity index (χ2v) is 8.61. The van der Waals surface area contributed by atoms with Crippen LogP contribution in [0.3, 0.4) is 0 Å². The molecule has 0 amide bonds. The van der Waals surface area contributed by atoms with E-state index in [0.717, 1.165) is 23.1 Å². The molecule has 0 atom stereocenters. The standard InChI is InChI=1S/C19H19FSe/c1-3-14-5-7-15(8-6-14)16-9-10-17(18(20)12-16)19-11-4-13(2)21-19/h4-12H,3,21H2,1-2H3. The summed E-state index contributed by atoms with van der Waals surface area (Å²) in [7, 11) is 0. The molecule has 0 aliphatic carbocycles. The van der Waals surface area contributed by atoms with Crippen molar-refractivity contribution in [1.29, 1.82) is 0 Å². The monoisotopic (exact) mass is 346 g/mol. The molecule has 0 nitrogen and oxygen atoms in total. The van der Waals surface area contributed by atoms with Gasteiger partial charge in [0.1, 0.15) is 0 Å². The van der Waals surface area contributed by atoms with Gasteiger partial charge in [0.2, 0.25) is 0 Å². The second kappa shape index (κ2) is 6.01. The van der Waals surface area contributed by atoms with Crippen molar-refractivity contribution in [3.8, 4) is 11.1 Å². The molecular weight excluding hydrogens is 326 g/mol. The van der Waals surface area contributed by atoms with Gasteiger partial charge in [-0.3, -0.25) is 0 Å². The fraction of sp³-hybridized carbons (Fsp3) is 0.158. The molecule has 0 N–H and O–H groups in total. The van der Waals surface area contributed by atoms with Crippen molar-refractivity contribution in [3.05, 3.63) is 76.0 Å². The summed E-state index contributed by atoms with van der Waals surface area (Å²) >= 11 is -0.311. The van der Waals surface area contributed by atoms with Gasteiger partial charge < -0.3 is 0 Å². The minimum atomic E-state index is -0.311. The van der Waals surface area contributed by atoms with E-state index < -0.39 is 0 Å². The molecule has 0 aromatic heterocycles. The van der Waals surface area contributed by atoms with E-state index in [1.807, 2.05) is 12.1 Å². The fourth-order valence-electron chi connectivity index (χ4n) is 2.51. The summed E-state index contributed by atoms with van der Waals surface area (Å²) in [6.45, 7) is 4.27. The number of hydrogen-bond acceptors (Lipinski definition) is 0. The Hall–Kier alpha value is -1.63. The molecule has 2 aromatic carbocycles. The van der Waals surface area contributed by atoms with Gasteiger partial charge in [-0.2, -0.15) is 0 Å². The number of allylic oxidation sites excluding steroid dienone is 3. The van der Waals surface area contributed by atoms with Gasteiger partial charge in [0.25, 0.3) is 0 Å². The van der Waals surface area contributed by atoms with Crippen molar-refractivity contribution in [1.82, 2.24) is 0 Å². The van der Waals surface area contributed by atoms with Crippen LogP contribution in [0, 0.1) is 5.82 Å². The SMILES string of the molecule is CCc1ccc(-c2ccc(C3=CC=C(C)[SeH2]3)c(F)c2)cc1. The van der Waals surface area contributed by atoms with E-state index in [-0.39, 0.29) is 20.8 Å². The summed E-state index contributed by atoms with van der Waals surface area (Å²) in [5.41, 5.74) is 4.10. The topological polar surface area (TPSA) is 0 Å². The van der Waals surface area contributed by atoms with E-state index >= 15 is 0 Å². The van der Waals surface area contributed by atoms with Crippen LogP contribution in [0.4, 0.5) is 4.39 Å². The third-order valence-electron chi connectivity index (χ3n) is 3.79. The van der Waals surface area contributed by atoms with Crippen LogP contribution in [0.25, 0.3) is 15.6 Å². The third-order valence-corrected chi connectivity index (χ3v) is 6.44. The van der Waals surface area contributed by atoms with E-state index in [1.54, 1.807) is 6.07 Å². The summed E-state index contributed by atoms with van der Waals surface area (Å²) in [4.78, 5) is 0. The molecule has 2 aromatic rings. The molecule has 0 saturated carbocycles. The summed E-state index contributed by atoms with van der Waals surface area (Å²) in [5, 5.41) is 0. The fourth-order valence-corrected chi connectivity index (χ4v) is 4.81. The van der Waals surface area contributed by atoms with Crippen LogP contribution in [-0.2, 0) is 6.42 Å². The number of rotatable bonds is 3. The van der Waals surface area contributed by atoms with Gasteiger partial charge in [0.15, 0.2) is 0 Å². The van der Waals surface area contributed by atoms with Crippen LogP contribution in [0.15, 0.2) is 59.1 Å². The Balaban J connectivity index is 1.90. The van der Waals surface area contributed by atoms with Crippen molar-refractivity contribution in [2.75, 3.05) is 0 Å². The zero-order chi connectivity index (χ0) is 14.8. The molecular formula is C19H19FSe. The van der Waals surface area contributed by atoms with Crippen LogP contribution in [0.1, 0.15) is 25.0 Å². The molecule has 0 bridgehead atoms. The summed E-state index contributed by atoms with van der Waals surface area (Å²) in [6, 6.07) is 14.0. The Labute approximate surface area is 131 Å². The first-order chi connectivity index (χ1) is 10.2. The molecule has 0 radical (unpaired) electrons. The van der Waals surface area contributed by atoms with E-state index in [1.165, 1.54) is 14.5 Å². The van der Waals surface area contributed by atoms with Crippen LogP contribution >= 0.6 is 0 Å². The Morgan fingerprint density at radius 2 is 1.67 bits per heavy atom. The summed E-state index contributed by atoms with van der Waals surface area (Å²) in [5.74, 6) is -0.106. The predicted octanol–water partition coefficient (Wildman–Crippen LogP) is 4.48. The Kier molecular flexibility index (Phi) is 4.10. The number of aryl methyl sites for hydroxylation is 1. The van der Waals surface area contributed by atoms with Crippen molar-refractivity contribution in [2.24, 2.45) is 0 Å². The second-order valence-electron chi connectivity index (χ2n) is 5.30. The van der Waals surface area contributed by atoms with Crippen LogP contribution < -0.4 is 0 Å². The number of halogens is 1. The first-order valence-corrected chi connectivity index (χ1v) is 9.32. The van der Waals surface area contributed by atoms with E-state index in [9.17, 15) is 4.39 Å². The normalized spacial score (nSPS) is 16.0. The first kappa shape index (κ1) is 14.3. The van der Waals surface area contributed by atoms with Crippen molar-refractivity contribution >= 4 is 19.4 Å². The zero-order valence-electron chi connectivity index (χ0n) is 12.3. The minimum absolute atomic E-state index is 0.106. The first-order valence-electron chi connectivity index (χ1n) is 7.22. The Morgan fingerprint density at radius 3 is 2.24 bits per heavy atom. The molecule has 21 heavy (non-hydrogen) atoms. The van der Waals surface area contributed by atoms with Crippen LogP contribution in [0.2, 0.25) is 0 Å². The van der Waals surface area contributed by atoms with Gasteiger partial charge in [-0.25, -0.2) is 0 Å². The van der Waals surface area contributed by atoms with Crippen LogP contribution in [-0.4, -0.2) is 15.0 Å². The zero-order valence-corrected chi connectivity index (χ0v) is 14.4. The quantitative estimate of drug-likeness (QED) is 0.720. The van der Waals surface area contributed by atoms with Gasteiger partial charge in [-0.1, -0.05) is 0 Å². The average molecular weight is 345 g/mol. The predicted molar refractivity (Wildman–Crippen MR) is 91.5 cm³/mol. The molecule has 2 heteroatoms. The van der Waals surface area contributed by atoms with Gasteiger partial charge in [0, 0.05) is 0 Å². The Bertz CT molecular complexity index is 724. The van der Waals surface area contributed by atoms with Crippen molar-refractivity contribution in [3.63, 3.8) is 0 Å². The molecule has 1 aliphatic heterocycles. The molecule has 0 unspecified atom stereocenters. The maximum absolute atomic E-state index is 14.4. The van der Waals surface area contributed by atoms with Gasteiger partial charge >= 0.3 is 131 Å². The van der Waals surface area contributed by atoms with Crippen LogP contribution in [0.5, 0.6) is 0 Å². The average Bonchev–Trinajstić information content (AvgIpc) is 2.93. The maximum atomic E-state index is 14.4. The summed E-state index contributed by atoms with van der Waals surface area (Å²) in [6.07, 6.45) is 5.22. The molecule has 1 heterocycles. The summed E-state index contributed by atoms with van der Waals surface area (Å²) < 4.78 is 17.0.